The van der Waals surface area contributed by atoms with E-state index in [4.69, 9.17) is 0 Å². The van der Waals surface area contributed by atoms with Crippen LogP contribution in [-0.4, -0.2) is 5.75 Å². The van der Waals surface area contributed by atoms with Crippen LogP contribution < -0.4 is 5.32 Å². The zero-order chi connectivity index (χ0) is 39.3. The summed E-state index contributed by atoms with van der Waals surface area (Å²) in [6.45, 7) is 21.2. The Morgan fingerprint density at radius 1 is 0.714 bits per heavy atom. The molecule has 5 aromatic rings. The molecule has 5 aromatic carbocycles. The highest BCUT2D eigenvalue weighted by Gasteiger charge is 2.13. The summed E-state index contributed by atoms with van der Waals surface area (Å²) in [7, 11) is 0. The van der Waals surface area contributed by atoms with Gasteiger partial charge in [-0.2, -0.15) is 0 Å². The molecular weight excluding hydrogens is 695 g/mol. The van der Waals surface area contributed by atoms with Crippen molar-refractivity contribution in [3.63, 3.8) is 0 Å². The second-order valence-electron chi connectivity index (χ2n) is 13.6. The van der Waals surface area contributed by atoms with Crippen molar-refractivity contribution in [3.8, 4) is 33.4 Å². The highest BCUT2D eigenvalue weighted by Crippen LogP contribution is 2.37. The lowest BCUT2D eigenvalue weighted by atomic mass is 9.91. The maximum absolute atomic E-state index is 4.41. The van der Waals surface area contributed by atoms with Gasteiger partial charge < -0.3 is 5.32 Å². The van der Waals surface area contributed by atoms with Gasteiger partial charge >= 0.3 is 0 Å². The molecule has 0 spiro atoms. The summed E-state index contributed by atoms with van der Waals surface area (Å²) in [5.74, 6) is 0.924. The Balaban J connectivity index is 1.31. The quantitative estimate of drug-likeness (QED) is 0.121. The topological polar surface area (TPSA) is 12.0 Å². The van der Waals surface area contributed by atoms with Crippen molar-refractivity contribution in [2.75, 3.05) is 11.1 Å². The molecule has 1 heterocycles. The summed E-state index contributed by atoms with van der Waals surface area (Å²) >= 11 is 1.84. The number of allylic oxidation sites excluding steroid dienone is 15. The molecule has 0 radical (unpaired) electrons. The highest BCUT2D eigenvalue weighted by molar-refractivity contribution is 7.99. The third kappa shape index (κ3) is 10.0. The highest BCUT2D eigenvalue weighted by atomic mass is 32.2. The Labute approximate surface area is 338 Å². The van der Waals surface area contributed by atoms with E-state index in [1.807, 2.05) is 74.2 Å². The normalized spacial score (nSPS) is 14.2. The van der Waals surface area contributed by atoms with Gasteiger partial charge in [-0.25, -0.2) is 0 Å². The Morgan fingerprint density at radius 3 is 2.11 bits per heavy atom. The van der Waals surface area contributed by atoms with E-state index >= 15 is 0 Å². The minimum atomic E-state index is 0.751. The van der Waals surface area contributed by atoms with Gasteiger partial charge in [0.25, 0.3) is 0 Å². The molecule has 0 saturated heterocycles. The number of hydrogen-bond acceptors (Lipinski definition) is 2. The first-order valence-electron chi connectivity index (χ1n) is 19.0. The molecule has 1 aliphatic rings. The van der Waals surface area contributed by atoms with Gasteiger partial charge in [0.15, 0.2) is 0 Å². The van der Waals surface area contributed by atoms with Crippen LogP contribution in [0.3, 0.4) is 0 Å². The Morgan fingerprint density at radius 2 is 1.39 bits per heavy atom. The molecule has 0 saturated carbocycles. The molecule has 276 valence electrons. The van der Waals surface area contributed by atoms with E-state index in [0.29, 0.717) is 0 Å². The van der Waals surface area contributed by atoms with Crippen molar-refractivity contribution >= 4 is 39.9 Å². The van der Waals surface area contributed by atoms with Crippen LogP contribution in [0.15, 0.2) is 219 Å². The van der Waals surface area contributed by atoms with Crippen molar-refractivity contribution in [1.82, 2.24) is 0 Å². The SMILES string of the molecule is C=C/C(=C\CC(=C)/C=C\C)c1cc(-c2ccc(-c3ccc(Nc4ccccc4C(=C)/C=C\C=C/C)cc3)cc2)cc(-c2ccc3c(c2)C(=C)/C=C\C=C/CS3)c1. The van der Waals surface area contributed by atoms with E-state index in [1.165, 1.54) is 10.5 Å². The number of thioether (sulfide) groups is 1. The third-order valence-electron chi connectivity index (χ3n) is 9.60. The zero-order valence-corrected chi connectivity index (χ0v) is 33.3. The van der Waals surface area contributed by atoms with Crippen LogP contribution in [0.25, 0.3) is 50.1 Å². The van der Waals surface area contributed by atoms with E-state index in [0.717, 1.165) is 90.3 Å². The molecule has 0 aromatic heterocycles. The van der Waals surface area contributed by atoms with Gasteiger partial charge in [0.05, 0.1) is 0 Å². The Bertz CT molecular complexity index is 2420. The average Bonchev–Trinajstić information content (AvgIpc) is 3.31. The second kappa shape index (κ2) is 19.3. The molecule has 0 atom stereocenters. The minimum absolute atomic E-state index is 0.751. The number of para-hydroxylation sites is 1. The molecule has 1 N–H and O–H groups in total. The minimum Gasteiger partial charge on any atom is -0.355 e. The smallest absolute Gasteiger partial charge is 0.0463 e. The molecule has 0 bridgehead atoms. The third-order valence-corrected chi connectivity index (χ3v) is 10.6. The van der Waals surface area contributed by atoms with Crippen molar-refractivity contribution in [1.29, 1.82) is 0 Å². The van der Waals surface area contributed by atoms with E-state index in [1.54, 1.807) is 0 Å². The number of nitrogens with one attached hydrogen (secondary N) is 1. The van der Waals surface area contributed by atoms with Crippen molar-refractivity contribution in [2.24, 2.45) is 0 Å². The molecule has 2 heteroatoms. The maximum Gasteiger partial charge on any atom is 0.0463 e. The van der Waals surface area contributed by atoms with Crippen LogP contribution in [-0.2, 0) is 0 Å². The number of fused-ring (bicyclic) bond motifs is 1. The molecule has 1 nitrogen and oxygen atoms in total. The number of hydrogen-bond donors (Lipinski definition) is 1. The Kier molecular flexibility index (Phi) is 13.6. The molecule has 0 amide bonds. The summed E-state index contributed by atoms with van der Waals surface area (Å²) in [5, 5.41) is 3.60. The van der Waals surface area contributed by atoms with Crippen LogP contribution in [0, 0.1) is 0 Å². The monoisotopic (exact) mass is 743 g/mol. The predicted molar refractivity (Wildman–Crippen MR) is 250 cm³/mol. The molecule has 6 rings (SSSR count). The molecule has 1 aliphatic heterocycles. The van der Waals surface area contributed by atoms with Gasteiger partial charge in [0, 0.05) is 27.6 Å². The summed E-state index contributed by atoms with van der Waals surface area (Å²) in [4.78, 5) is 1.24. The second-order valence-corrected chi connectivity index (χ2v) is 14.7. The van der Waals surface area contributed by atoms with E-state index in [-0.39, 0.29) is 0 Å². The van der Waals surface area contributed by atoms with Crippen LogP contribution in [0.2, 0.25) is 0 Å². The van der Waals surface area contributed by atoms with Gasteiger partial charge in [-0.15, -0.1) is 11.8 Å². The van der Waals surface area contributed by atoms with Gasteiger partial charge in [-0.1, -0.05) is 165 Å². The van der Waals surface area contributed by atoms with Crippen molar-refractivity contribution < 1.29 is 0 Å². The van der Waals surface area contributed by atoms with Crippen LogP contribution in [0.4, 0.5) is 11.4 Å². The molecule has 0 aliphatic carbocycles. The largest absolute Gasteiger partial charge is 0.355 e. The van der Waals surface area contributed by atoms with Crippen molar-refractivity contribution in [2.45, 2.75) is 25.2 Å². The Hall–Kier alpha value is -6.35. The van der Waals surface area contributed by atoms with Crippen molar-refractivity contribution in [3.05, 3.63) is 231 Å². The molecule has 56 heavy (non-hydrogen) atoms. The summed E-state index contributed by atoms with van der Waals surface area (Å²) in [5.41, 5.74) is 16.4. The lowest BCUT2D eigenvalue weighted by Gasteiger charge is -2.15. The summed E-state index contributed by atoms with van der Waals surface area (Å²) in [6.07, 6.45) is 25.5. The van der Waals surface area contributed by atoms with Gasteiger partial charge in [-0.05, 0) is 130 Å². The molecular formula is C54H49NS. The first-order valence-corrected chi connectivity index (χ1v) is 20.0. The van der Waals surface area contributed by atoms with Gasteiger partial charge in [-0.3, -0.25) is 0 Å². The van der Waals surface area contributed by atoms with Gasteiger partial charge in [0.2, 0.25) is 0 Å². The standard InChI is InChI=1S/C54H49NS/c1-7-10-12-18-40(5)51-20-14-15-21-53(51)55-50-31-28-44(29-32-50)43-24-26-45(27-25-43)48-35-47(42(9-3)23-22-39(4)17-8-2)36-49(37-48)46-30-33-54-52(38-46)41(6)19-13-11-16-34-56-54/h7-21,23-33,35-38,55H,3-6,22,34H2,1-2H3/b10-7-,16-11-,17-8-,18-12-,19-13-,42-23+. The summed E-state index contributed by atoms with van der Waals surface area (Å²) < 4.78 is 0. The zero-order valence-electron chi connectivity index (χ0n) is 32.5. The van der Waals surface area contributed by atoms with Crippen LogP contribution in [0.1, 0.15) is 37.0 Å². The van der Waals surface area contributed by atoms with Crippen LogP contribution in [0.5, 0.6) is 0 Å². The lowest BCUT2D eigenvalue weighted by Crippen LogP contribution is -1.94. The average molecular weight is 744 g/mol. The number of benzene rings is 5. The van der Waals surface area contributed by atoms with Crippen LogP contribution >= 0.6 is 11.8 Å². The van der Waals surface area contributed by atoms with E-state index in [9.17, 15) is 0 Å². The fourth-order valence-corrected chi connectivity index (χ4v) is 7.51. The number of anilines is 2. The van der Waals surface area contributed by atoms with E-state index < -0.39 is 0 Å². The fraction of sp³-hybridized carbons (Fsp3) is 0.0741. The van der Waals surface area contributed by atoms with Gasteiger partial charge in [0.1, 0.15) is 0 Å². The first-order chi connectivity index (χ1) is 27.4. The summed E-state index contributed by atoms with van der Waals surface area (Å²) in [6, 6.07) is 39.3. The number of rotatable bonds is 13. The maximum atomic E-state index is 4.41. The lowest BCUT2D eigenvalue weighted by molar-refractivity contribution is 1.30. The predicted octanol–water partition coefficient (Wildman–Crippen LogP) is 15.9. The first kappa shape index (κ1) is 39.3. The molecule has 0 unspecified atom stereocenters. The fourth-order valence-electron chi connectivity index (χ4n) is 6.61. The van der Waals surface area contributed by atoms with E-state index in [2.05, 4.69) is 165 Å². The molecule has 0 fully saturated rings.